The van der Waals surface area contributed by atoms with E-state index in [4.69, 9.17) is 32.5 Å². The maximum absolute atomic E-state index is 16.6. The number of nitrogens with zero attached hydrogens (tertiary/aromatic N) is 8. The molecule has 0 bridgehead atoms. The predicted octanol–water partition coefficient (Wildman–Crippen LogP) is 2.89. The van der Waals surface area contributed by atoms with Gasteiger partial charge in [-0.2, -0.15) is 10.2 Å². The highest BCUT2D eigenvalue weighted by molar-refractivity contribution is 7.48. The zero-order valence-electron chi connectivity index (χ0n) is 33.5. The van der Waals surface area contributed by atoms with Gasteiger partial charge in [0.2, 0.25) is 11.9 Å². The molecule has 25 heteroatoms. The van der Waals surface area contributed by atoms with Crippen LogP contribution in [0.4, 0.5) is 16.2 Å². The molecule has 2 amide bonds. The van der Waals surface area contributed by atoms with E-state index < -0.39 is 100.0 Å². The number of aliphatic hydroxyl groups is 1. The number of phosphoric acid groups is 1. The molecule has 9 atom stereocenters. The number of rotatable bonds is 15. The minimum absolute atomic E-state index is 0.0379. The molecule has 3 fully saturated rings. The van der Waals surface area contributed by atoms with Gasteiger partial charge >= 0.3 is 7.82 Å². The van der Waals surface area contributed by atoms with E-state index in [9.17, 15) is 29.3 Å². The van der Waals surface area contributed by atoms with Gasteiger partial charge in [0.05, 0.1) is 45.0 Å². The Bertz CT molecular complexity index is 2620. The number of carbonyl (C=O) groups is 2. The van der Waals surface area contributed by atoms with Crippen molar-refractivity contribution in [2.24, 2.45) is 5.92 Å². The molecule has 3 aliphatic rings. The molecule has 3 aliphatic heterocycles. The fourth-order valence-electron chi connectivity index (χ4n) is 7.15. The molecule has 62 heavy (non-hydrogen) atoms. The third kappa shape index (κ3) is 8.46. The number of phosphoric ester groups is 1. The largest absolute Gasteiger partial charge is 0.475 e. The summed E-state index contributed by atoms with van der Waals surface area (Å²) >= 11 is 0. The molecule has 23 nitrogen and oxygen atoms in total. The lowest BCUT2D eigenvalue weighted by atomic mass is 10.1. The van der Waals surface area contributed by atoms with Crippen LogP contribution >= 0.6 is 7.82 Å². The molecule has 5 unspecified atom stereocenters. The molecule has 8 rings (SSSR count). The molecule has 0 radical (unpaired) electrons. The Morgan fingerprint density at radius 2 is 1.71 bits per heavy atom. The summed E-state index contributed by atoms with van der Waals surface area (Å²) in [6, 6.07) is 10.2. The number of halogens is 1. The summed E-state index contributed by atoms with van der Waals surface area (Å²) in [4.78, 5) is 62.0. The van der Waals surface area contributed by atoms with Crippen molar-refractivity contribution >= 4 is 53.7 Å². The summed E-state index contributed by atoms with van der Waals surface area (Å²) in [5.74, 6) is -2.51. The number of aliphatic hydroxyl groups excluding tert-OH is 1. The van der Waals surface area contributed by atoms with E-state index in [0.717, 1.165) is 6.33 Å². The Balaban J connectivity index is 1.02. The Morgan fingerprint density at radius 3 is 2.44 bits per heavy atom. The molecule has 0 aliphatic carbocycles. The van der Waals surface area contributed by atoms with Crippen LogP contribution in [-0.4, -0.2) is 118 Å². The SMILES string of the molecule is CC(C)C(=O)Nc1nc2c(ncn2[C@@H]2O[C@H](COP(=O)(OCCC#N)OC3C(CO)OC(n4cnc5c(NC(=O)c6ccccc6)ncnc54)C3F)[C@H]3OC(C)(C)O[C@H]32)c(=O)[nH]1. The van der Waals surface area contributed by atoms with Crippen LogP contribution in [0.25, 0.3) is 22.3 Å². The molecule has 4 N–H and O–H groups in total. The van der Waals surface area contributed by atoms with Gasteiger partial charge in [-0.15, -0.1) is 0 Å². The zero-order valence-corrected chi connectivity index (χ0v) is 34.4. The molecule has 0 saturated carbocycles. The highest BCUT2D eigenvalue weighted by atomic mass is 31.2. The van der Waals surface area contributed by atoms with Crippen molar-refractivity contribution in [3.05, 3.63) is 65.2 Å². The molecule has 0 spiro atoms. The number of H-pyrrole nitrogens is 1. The predicted molar refractivity (Wildman–Crippen MR) is 210 cm³/mol. The van der Waals surface area contributed by atoms with E-state index in [-0.39, 0.29) is 46.4 Å². The van der Waals surface area contributed by atoms with Gasteiger partial charge < -0.3 is 29.4 Å². The van der Waals surface area contributed by atoms with Crippen LogP contribution in [0.2, 0.25) is 0 Å². The van der Waals surface area contributed by atoms with Crippen LogP contribution in [0, 0.1) is 17.2 Å². The first-order valence-electron chi connectivity index (χ1n) is 19.4. The van der Waals surface area contributed by atoms with Gasteiger partial charge in [-0.25, -0.2) is 28.9 Å². The van der Waals surface area contributed by atoms with Crippen LogP contribution in [0.15, 0.2) is 54.1 Å². The highest BCUT2D eigenvalue weighted by Crippen LogP contribution is 2.55. The summed E-state index contributed by atoms with van der Waals surface area (Å²) < 4.78 is 75.3. The molecular formula is C37H41FN11O12P. The molecule has 5 aromatic rings. The van der Waals surface area contributed by atoms with Crippen LogP contribution < -0.4 is 16.2 Å². The summed E-state index contributed by atoms with van der Waals surface area (Å²) in [5, 5.41) is 24.7. The third-order valence-electron chi connectivity index (χ3n) is 10.1. The van der Waals surface area contributed by atoms with E-state index >= 15 is 4.39 Å². The smallest absolute Gasteiger partial charge is 0.394 e. The first kappa shape index (κ1) is 43.1. The average Bonchev–Trinajstić information content (AvgIpc) is 4.06. The van der Waals surface area contributed by atoms with Crippen LogP contribution in [0.5, 0.6) is 0 Å². The number of aromatic nitrogens is 8. The summed E-state index contributed by atoms with van der Waals surface area (Å²) in [6.45, 7) is 4.87. The molecular weight excluding hydrogens is 840 g/mol. The Morgan fingerprint density at radius 1 is 1.00 bits per heavy atom. The number of hydrogen-bond donors (Lipinski definition) is 4. The molecule has 328 valence electrons. The van der Waals surface area contributed by atoms with Gasteiger partial charge in [-0.3, -0.25) is 47.4 Å². The molecule has 1 aromatic carbocycles. The Kier molecular flexibility index (Phi) is 12.0. The number of anilines is 2. The number of nitrogens with one attached hydrogen (secondary N) is 3. The lowest BCUT2D eigenvalue weighted by Gasteiger charge is -2.27. The fraction of sp³-hybridized carbons (Fsp3) is 0.486. The molecule has 3 saturated heterocycles. The lowest BCUT2D eigenvalue weighted by molar-refractivity contribution is -0.199. The number of carbonyl (C=O) groups excluding carboxylic acids is 2. The molecule has 7 heterocycles. The number of aromatic amines is 1. The first-order chi connectivity index (χ1) is 29.7. The Labute approximate surface area is 350 Å². The van der Waals surface area contributed by atoms with Crippen molar-refractivity contribution in [1.82, 2.24) is 39.0 Å². The number of hydrogen-bond acceptors (Lipinski definition) is 18. The number of ether oxygens (including phenoxy) is 4. The van der Waals surface area contributed by atoms with Crippen molar-refractivity contribution in [2.75, 3.05) is 30.5 Å². The average molecular weight is 882 g/mol. The lowest BCUT2D eigenvalue weighted by Crippen LogP contribution is -2.35. The topological polar surface area (TPSA) is 291 Å². The van der Waals surface area contributed by atoms with Gasteiger partial charge in [0.25, 0.3) is 11.5 Å². The standard InChI is InChI=1S/C37H41FN11O12P/c1-18(2)31(51)46-36-45-30-24(33(53)47-36)43-17-49(30)35-27-26(59-37(3,4)60-27)21(58-35)14-56-62(54,55-12-8-11-39)61-25-20(13-50)57-34(22(25)38)48-16-42-23-28(40-15-41-29(23)48)44-32(52)19-9-6-5-7-10-19/h5-7,9-10,15-18,20-22,25-27,34-35,50H,8,12-14H2,1-4H3,(H,40,41,44,52)(H2,45,46,47,51,53)/t20?,21-,22?,25?,26-,27-,34?,35-,62?/m1/s1. The van der Waals surface area contributed by atoms with Gasteiger partial charge in [0.1, 0.15) is 36.8 Å². The quantitative estimate of drug-likeness (QED) is 0.0868. The number of nitriles is 1. The second-order valence-electron chi connectivity index (χ2n) is 15.1. The number of imidazole rings is 2. The van der Waals surface area contributed by atoms with Gasteiger partial charge in [-0.05, 0) is 26.0 Å². The monoisotopic (exact) mass is 881 g/mol. The van der Waals surface area contributed by atoms with E-state index in [1.54, 1.807) is 58.0 Å². The van der Waals surface area contributed by atoms with Gasteiger partial charge in [0, 0.05) is 11.5 Å². The number of amides is 2. The Hall–Kier alpha value is -5.61. The minimum atomic E-state index is -4.84. The first-order valence-corrected chi connectivity index (χ1v) is 20.8. The number of fused-ring (bicyclic) bond motifs is 3. The highest BCUT2D eigenvalue weighted by Gasteiger charge is 2.57. The van der Waals surface area contributed by atoms with Crippen molar-refractivity contribution in [2.45, 2.75) is 89.1 Å². The fourth-order valence-corrected chi connectivity index (χ4v) is 8.55. The van der Waals surface area contributed by atoms with Crippen molar-refractivity contribution < 1.29 is 56.2 Å². The summed E-state index contributed by atoms with van der Waals surface area (Å²) in [7, 11) is -4.84. The third-order valence-corrected chi connectivity index (χ3v) is 11.5. The zero-order chi connectivity index (χ0) is 43.9. The molecule has 4 aromatic heterocycles. The number of alkyl halides is 1. The maximum Gasteiger partial charge on any atom is 0.475 e. The van der Waals surface area contributed by atoms with Gasteiger partial charge in [-0.1, -0.05) is 32.0 Å². The van der Waals surface area contributed by atoms with E-state index in [2.05, 4.69) is 40.5 Å². The second-order valence-corrected chi connectivity index (χ2v) is 16.7. The normalized spacial score (nSPS) is 26.4. The van der Waals surface area contributed by atoms with Crippen molar-refractivity contribution in [3.63, 3.8) is 0 Å². The van der Waals surface area contributed by atoms with Gasteiger partial charge in [0.15, 0.2) is 52.6 Å². The summed E-state index contributed by atoms with van der Waals surface area (Å²) in [5.41, 5.74) is -0.124. The van der Waals surface area contributed by atoms with Crippen LogP contribution in [-0.2, 0) is 41.9 Å². The number of benzene rings is 1. The van der Waals surface area contributed by atoms with Crippen molar-refractivity contribution in [3.8, 4) is 6.07 Å². The maximum atomic E-state index is 16.6. The van der Waals surface area contributed by atoms with Crippen LogP contribution in [0.3, 0.4) is 0 Å². The minimum Gasteiger partial charge on any atom is -0.394 e. The van der Waals surface area contributed by atoms with E-state index in [1.807, 2.05) is 6.07 Å². The van der Waals surface area contributed by atoms with Crippen LogP contribution in [0.1, 0.15) is 56.9 Å². The van der Waals surface area contributed by atoms with E-state index in [1.165, 1.54) is 21.8 Å². The van der Waals surface area contributed by atoms with Crippen molar-refractivity contribution in [1.29, 1.82) is 5.26 Å². The second kappa shape index (κ2) is 17.3. The van der Waals surface area contributed by atoms with E-state index in [0.29, 0.717) is 5.56 Å². The summed E-state index contributed by atoms with van der Waals surface area (Å²) in [6.07, 6.45) is -7.36.